The van der Waals surface area contributed by atoms with Crippen molar-refractivity contribution in [2.24, 2.45) is 11.8 Å². The van der Waals surface area contributed by atoms with Crippen LogP contribution < -0.4 is 0 Å². The van der Waals surface area contributed by atoms with Crippen molar-refractivity contribution in [3.05, 3.63) is 35.4 Å². The molecule has 1 N–H and O–H groups in total. The fraction of sp³-hybridized carbons (Fsp3) is 0.619. The molecule has 2 aromatic heterocycles. The molecular formula is C21H29N5O3. The summed E-state index contributed by atoms with van der Waals surface area (Å²) in [4.78, 5) is 26.5. The third-order valence-corrected chi connectivity index (χ3v) is 6.60. The van der Waals surface area contributed by atoms with E-state index in [1.54, 1.807) is 17.8 Å². The van der Waals surface area contributed by atoms with Crippen LogP contribution >= 0.6 is 0 Å². The predicted octanol–water partition coefficient (Wildman–Crippen LogP) is 1.76. The molecule has 1 amide bonds. The molecule has 1 aliphatic carbocycles. The van der Waals surface area contributed by atoms with Crippen molar-refractivity contribution in [2.45, 2.75) is 58.7 Å². The summed E-state index contributed by atoms with van der Waals surface area (Å²) < 4.78 is 3.62. The Kier molecular flexibility index (Phi) is 5.29. The highest BCUT2D eigenvalue weighted by molar-refractivity contribution is 5.96. The molecule has 3 heterocycles. The first kappa shape index (κ1) is 19.8. The number of amides is 1. The van der Waals surface area contributed by atoms with E-state index in [2.05, 4.69) is 10.2 Å². The van der Waals surface area contributed by atoms with Gasteiger partial charge in [0.1, 0.15) is 0 Å². The van der Waals surface area contributed by atoms with Gasteiger partial charge in [0.2, 0.25) is 5.91 Å². The van der Waals surface area contributed by atoms with Crippen molar-refractivity contribution in [3.63, 3.8) is 0 Å². The van der Waals surface area contributed by atoms with Crippen LogP contribution in [0.1, 0.15) is 54.0 Å². The fourth-order valence-corrected chi connectivity index (χ4v) is 5.16. The lowest BCUT2D eigenvalue weighted by molar-refractivity contribution is -0.130. The second-order valence-electron chi connectivity index (χ2n) is 8.49. The van der Waals surface area contributed by atoms with E-state index in [1.165, 1.54) is 0 Å². The SMILES string of the molecule is CC(=O)c1c(C)nn(CCC(=O)N2C[C@H]3C[C@@H](n4cccn4)[C@H](O)C[C@H]3C2)c1C. The maximum Gasteiger partial charge on any atom is 0.224 e. The van der Waals surface area contributed by atoms with Gasteiger partial charge in [0.15, 0.2) is 5.78 Å². The van der Waals surface area contributed by atoms with Crippen LogP contribution in [-0.2, 0) is 11.3 Å². The first-order chi connectivity index (χ1) is 13.8. The molecule has 4 rings (SSSR count). The third kappa shape index (κ3) is 3.73. The lowest BCUT2D eigenvalue weighted by atomic mass is 9.77. The smallest absolute Gasteiger partial charge is 0.224 e. The monoisotopic (exact) mass is 399 g/mol. The minimum Gasteiger partial charge on any atom is -0.391 e. The van der Waals surface area contributed by atoms with Crippen LogP contribution in [0.4, 0.5) is 0 Å². The highest BCUT2D eigenvalue weighted by atomic mass is 16.3. The lowest BCUT2D eigenvalue weighted by Gasteiger charge is -2.35. The minimum absolute atomic E-state index is 0.00601. The lowest BCUT2D eigenvalue weighted by Crippen LogP contribution is -2.36. The molecule has 1 saturated carbocycles. The predicted molar refractivity (Wildman–Crippen MR) is 106 cm³/mol. The Morgan fingerprint density at radius 1 is 1.21 bits per heavy atom. The van der Waals surface area contributed by atoms with Crippen LogP contribution in [-0.4, -0.2) is 60.5 Å². The normalized spacial score (nSPS) is 26.6. The van der Waals surface area contributed by atoms with Gasteiger partial charge in [0, 0.05) is 44.1 Å². The van der Waals surface area contributed by atoms with Crippen molar-refractivity contribution >= 4 is 11.7 Å². The summed E-state index contributed by atoms with van der Waals surface area (Å²) in [6.45, 7) is 7.18. The van der Waals surface area contributed by atoms with Gasteiger partial charge >= 0.3 is 0 Å². The van der Waals surface area contributed by atoms with Crippen LogP contribution in [0, 0.1) is 25.7 Å². The number of hydrogen-bond acceptors (Lipinski definition) is 5. The first-order valence-electron chi connectivity index (χ1n) is 10.3. The first-order valence-corrected chi connectivity index (χ1v) is 10.3. The van der Waals surface area contributed by atoms with Gasteiger partial charge in [-0.15, -0.1) is 0 Å². The largest absolute Gasteiger partial charge is 0.391 e. The molecular weight excluding hydrogens is 370 g/mol. The molecule has 0 radical (unpaired) electrons. The Morgan fingerprint density at radius 3 is 2.55 bits per heavy atom. The summed E-state index contributed by atoms with van der Waals surface area (Å²) in [7, 11) is 0. The van der Waals surface area contributed by atoms with Gasteiger partial charge in [-0.3, -0.25) is 19.0 Å². The molecule has 4 atom stereocenters. The molecule has 2 fully saturated rings. The summed E-state index contributed by atoms with van der Waals surface area (Å²) in [5, 5.41) is 19.3. The Hall–Kier alpha value is -2.48. The molecule has 2 aromatic rings. The average Bonchev–Trinajstić information content (AvgIpc) is 3.37. The van der Waals surface area contributed by atoms with E-state index in [-0.39, 0.29) is 17.7 Å². The highest BCUT2D eigenvalue weighted by Gasteiger charge is 2.43. The van der Waals surface area contributed by atoms with E-state index in [1.807, 2.05) is 35.7 Å². The number of ketones is 1. The number of likely N-dealkylation sites (tertiary alicyclic amines) is 1. The summed E-state index contributed by atoms with van der Waals surface area (Å²) in [6.07, 6.45) is 5.13. The molecule has 29 heavy (non-hydrogen) atoms. The zero-order chi connectivity index (χ0) is 20.7. The molecule has 2 aliphatic rings. The van der Waals surface area contributed by atoms with Gasteiger partial charge in [0.05, 0.1) is 23.4 Å². The summed E-state index contributed by atoms with van der Waals surface area (Å²) >= 11 is 0. The number of Topliss-reactive ketones (excluding diaryl/α,β-unsaturated/α-hetero) is 1. The Balaban J connectivity index is 1.37. The summed E-state index contributed by atoms with van der Waals surface area (Å²) in [6, 6.07) is 1.86. The number of aryl methyl sites for hydroxylation is 2. The molecule has 156 valence electrons. The zero-order valence-electron chi connectivity index (χ0n) is 17.3. The van der Waals surface area contributed by atoms with E-state index in [0.717, 1.165) is 18.7 Å². The number of carbonyl (C=O) groups excluding carboxylic acids is 2. The average molecular weight is 399 g/mol. The van der Waals surface area contributed by atoms with Gasteiger partial charge in [0.25, 0.3) is 0 Å². The van der Waals surface area contributed by atoms with Gasteiger partial charge in [-0.25, -0.2) is 0 Å². The quantitative estimate of drug-likeness (QED) is 0.774. The fourth-order valence-electron chi connectivity index (χ4n) is 5.16. The van der Waals surface area contributed by atoms with Crippen LogP contribution in [0.3, 0.4) is 0 Å². The molecule has 8 heteroatoms. The topological polar surface area (TPSA) is 93.3 Å². The molecule has 0 unspecified atom stereocenters. The number of nitrogens with zero attached hydrogens (tertiary/aromatic N) is 5. The van der Waals surface area contributed by atoms with E-state index in [9.17, 15) is 14.7 Å². The van der Waals surface area contributed by atoms with Crippen LogP contribution in [0.25, 0.3) is 0 Å². The maximum absolute atomic E-state index is 12.8. The van der Waals surface area contributed by atoms with E-state index in [0.29, 0.717) is 49.0 Å². The van der Waals surface area contributed by atoms with Crippen LogP contribution in [0.2, 0.25) is 0 Å². The number of aliphatic hydroxyl groups is 1. The van der Waals surface area contributed by atoms with Crippen LogP contribution in [0.15, 0.2) is 18.5 Å². The van der Waals surface area contributed by atoms with Gasteiger partial charge in [-0.1, -0.05) is 0 Å². The van der Waals surface area contributed by atoms with Crippen molar-refractivity contribution in [2.75, 3.05) is 13.1 Å². The Labute approximate surface area is 170 Å². The summed E-state index contributed by atoms with van der Waals surface area (Å²) in [5.74, 6) is 0.862. The van der Waals surface area contributed by atoms with Gasteiger partial charge < -0.3 is 10.0 Å². The van der Waals surface area contributed by atoms with E-state index >= 15 is 0 Å². The Morgan fingerprint density at radius 2 is 1.93 bits per heavy atom. The summed E-state index contributed by atoms with van der Waals surface area (Å²) in [5.41, 5.74) is 2.19. The number of hydrogen-bond donors (Lipinski definition) is 1. The molecule has 8 nitrogen and oxygen atoms in total. The molecule has 0 spiro atoms. The van der Waals surface area contributed by atoms with E-state index in [4.69, 9.17) is 0 Å². The van der Waals surface area contributed by atoms with Crippen LogP contribution in [0.5, 0.6) is 0 Å². The number of rotatable bonds is 5. The minimum atomic E-state index is -0.425. The van der Waals surface area contributed by atoms with Crippen molar-refractivity contribution in [3.8, 4) is 0 Å². The van der Waals surface area contributed by atoms with Gasteiger partial charge in [-0.05, 0) is 51.5 Å². The molecule has 0 aromatic carbocycles. The Bertz CT molecular complexity index is 904. The number of aromatic nitrogens is 4. The van der Waals surface area contributed by atoms with Crippen molar-refractivity contribution in [1.29, 1.82) is 0 Å². The zero-order valence-corrected chi connectivity index (χ0v) is 17.3. The maximum atomic E-state index is 12.8. The van der Waals surface area contributed by atoms with E-state index < -0.39 is 6.10 Å². The standard InChI is InChI=1S/C21H29N5O3/c1-13-21(15(3)27)14(2)25(23-13)8-5-20(29)24-11-16-9-18(26-7-4-6-22-26)19(28)10-17(16)12-24/h4,6-7,16-19,28H,5,8-12H2,1-3H3/t16-,17+,18-,19-/m1/s1. The third-order valence-electron chi connectivity index (χ3n) is 6.60. The molecule has 0 bridgehead atoms. The molecule has 1 saturated heterocycles. The number of carbonyl (C=O) groups is 2. The van der Waals surface area contributed by atoms with Gasteiger partial charge in [-0.2, -0.15) is 10.2 Å². The second kappa shape index (κ2) is 7.74. The second-order valence-corrected chi connectivity index (χ2v) is 8.49. The van der Waals surface area contributed by atoms with Crippen molar-refractivity contribution < 1.29 is 14.7 Å². The number of aliphatic hydroxyl groups excluding tert-OH is 1. The highest BCUT2D eigenvalue weighted by Crippen LogP contribution is 2.41. The van der Waals surface area contributed by atoms with Crippen molar-refractivity contribution in [1.82, 2.24) is 24.5 Å². The number of fused-ring (bicyclic) bond motifs is 1. The molecule has 1 aliphatic heterocycles.